The summed E-state index contributed by atoms with van der Waals surface area (Å²) in [6, 6.07) is 15.4. The predicted octanol–water partition coefficient (Wildman–Crippen LogP) is 4.15. The van der Waals surface area contributed by atoms with Gasteiger partial charge in [-0.3, -0.25) is 9.78 Å². The highest BCUT2D eigenvalue weighted by Crippen LogP contribution is 2.47. The lowest BCUT2D eigenvalue weighted by Crippen LogP contribution is -2.29. The smallest absolute Gasteiger partial charge is 0.272 e. The molecule has 3 heterocycles. The number of nitrogen functional groups attached to an aromatic ring is 1. The SMILES string of the molecule is Nc1ncc(Cl)c(C(=O)NC2c3ccccc3-c3c(-c4nc5ccncc5[nH]4)cccc32)n1. The molecule has 33 heavy (non-hydrogen) atoms. The second-order valence-electron chi connectivity index (χ2n) is 7.67. The van der Waals surface area contributed by atoms with Gasteiger partial charge < -0.3 is 16.0 Å². The van der Waals surface area contributed by atoms with Crippen molar-refractivity contribution in [3.63, 3.8) is 0 Å². The van der Waals surface area contributed by atoms with Crippen LogP contribution in [-0.2, 0) is 0 Å². The number of hydrogen-bond donors (Lipinski definition) is 3. The summed E-state index contributed by atoms with van der Waals surface area (Å²) in [4.78, 5) is 33.2. The zero-order chi connectivity index (χ0) is 22.5. The van der Waals surface area contributed by atoms with E-state index in [-0.39, 0.29) is 22.7 Å². The fourth-order valence-electron chi connectivity index (χ4n) is 4.33. The number of anilines is 1. The number of imidazole rings is 1. The number of carbonyl (C=O) groups is 1. The molecule has 160 valence electrons. The lowest BCUT2D eigenvalue weighted by molar-refractivity contribution is 0.0938. The van der Waals surface area contributed by atoms with E-state index >= 15 is 0 Å². The van der Waals surface area contributed by atoms with Crippen LogP contribution in [0.2, 0.25) is 5.02 Å². The minimum absolute atomic E-state index is 0.0153. The van der Waals surface area contributed by atoms with Crippen LogP contribution in [0.3, 0.4) is 0 Å². The Hall–Kier alpha value is -4.30. The lowest BCUT2D eigenvalue weighted by atomic mass is 9.99. The molecule has 1 unspecified atom stereocenters. The first-order valence-corrected chi connectivity index (χ1v) is 10.6. The summed E-state index contributed by atoms with van der Waals surface area (Å²) < 4.78 is 0. The Morgan fingerprint density at radius 2 is 1.82 bits per heavy atom. The molecule has 0 saturated heterocycles. The first kappa shape index (κ1) is 19.4. The third-order valence-corrected chi connectivity index (χ3v) is 6.02. The summed E-state index contributed by atoms with van der Waals surface area (Å²) in [5, 5.41) is 3.21. The van der Waals surface area contributed by atoms with Gasteiger partial charge in [-0.05, 0) is 28.3 Å². The molecule has 1 aliphatic carbocycles. The highest BCUT2D eigenvalue weighted by molar-refractivity contribution is 6.33. The highest BCUT2D eigenvalue weighted by Gasteiger charge is 2.33. The van der Waals surface area contributed by atoms with Gasteiger partial charge in [0.25, 0.3) is 5.91 Å². The summed E-state index contributed by atoms with van der Waals surface area (Å²) in [7, 11) is 0. The number of aromatic nitrogens is 5. The second kappa shape index (κ2) is 7.39. The number of nitrogens with two attached hydrogens (primary N) is 1. The zero-order valence-electron chi connectivity index (χ0n) is 17.1. The Morgan fingerprint density at radius 1 is 1.00 bits per heavy atom. The predicted molar refractivity (Wildman–Crippen MR) is 126 cm³/mol. The number of fused-ring (bicyclic) bond motifs is 4. The molecule has 1 amide bonds. The Bertz CT molecular complexity index is 1530. The molecule has 4 N–H and O–H groups in total. The van der Waals surface area contributed by atoms with Crippen molar-refractivity contribution in [2.45, 2.75) is 6.04 Å². The van der Waals surface area contributed by atoms with E-state index < -0.39 is 5.91 Å². The number of aromatic amines is 1. The van der Waals surface area contributed by atoms with Gasteiger partial charge in [0.1, 0.15) is 5.82 Å². The molecule has 0 saturated carbocycles. The Kier molecular flexibility index (Phi) is 4.34. The molecule has 0 aliphatic heterocycles. The maximum Gasteiger partial charge on any atom is 0.272 e. The van der Waals surface area contributed by atoms with Crippen molar-refractivity contribution in [3.8, 4) is 22.5 Å². The van der Waals surface area contributed by atoms with Crippen molar-refractivity contribution in [3.05, 3.63) is 89.0 Å². The number of carbonyl (C=O) groups excluding carboxylic acids is 1. The second-order valence-corrected chi connectivity index (χ2v) is 8.07. The topological polar surface area (TPSA) is 122 Å². The Balaban J connectivity index is 1.48. The summed E-state index contributed by atoms with van der Waals surface area (Å²) in [5.74, 6) is 0.295. The number of amides is 1. The van der Waals surface area contributed by atoms with E-state index in [4.69, 9.17) is 22.3 Å². The monoisotopic (exact) mass is 453 g/mol. The zero-order valence-corrected chi connectivity index (χ0v) is 17.8. The van der Waals surface area contributed by atoms with E-state index in [9.17, 15) is 4.79 Å². The van der Waals surface area contributed by atoms with Gasteiger partial charge in [-0.2, -0.15) is 0 Å². The first-order valence-electron chi connectivity index (χ1n) is 10.2. The third-order valence-electron chi connectivity index (χ3n) is 5.74. The fourth-order valence-corrected chi connectivity index (χ4v) is 4.51. The van der Waals surface area contributed by atoms with Crippen LogP contribution in [0.25, 0.3) is 33.5 Å². The van der Waals surface area contributed by atoms with Crippen LogP contribution in [0.5, 0.6) is 0 Å². The number of nitrogens with zero attached hydrogens (tertiary/aromatic N) is 4. The number of rotatable bonds is 3. The maximum absolute atomic E-state index is 13.1. The van der Waals surface area contributed by atoms with E-state index in [1.54, 1.807) is 12.4 Å². The van der Waals surface area contributed by atoms with Crippen LogP contribution in [-0.4, -0.2) is 30.8 Å². The molecule has 0 fully saturated rings. The van der Waals surface area contributed by atoms with Crippen LogP contribution in [0, 0.1) is 0 Å². The Labute approximate surface area is 192 Å². The average Bonchev–Trinajstić information content (AvgIpc) is 3.40. The van der Waals surface area contributed by atoms with Crippen molar-refractivity contribution < 1.29 is 4.79 Å². The van der Waals surface area contributed by atoms with Crippen LogP contribution in [0.1, 0.15) is 27.7 Å². The van der Waals surface area contributed by atoms with Crippen molar-refractivity contribution in [1.82, 2.24) is 30.2 Å². The van der Waals surface area contributed by atoms with Crippen molar-refractivity contribution in [2.24, 2.45) is 0 Å². The molecule has 0 radical (unpaired) electrons. The number of benzene rings is 2. The van der Waals surface area contributed by atoms with Crippen molar-refractivity contribution in [1.29, 1.82) is 0 Å². The summed E-state index contributed by atoms with van der Waals surface area (Å²) in [5.41, 5.74) is 12.3. The van der Waals surface area contributed by atoms with Crippen molar-refractivity contribution >= 4 is 34.5 Å². The van der Waals surface area contributed by atoms with E-state index in [2.05, 4.69) is 25.3 Å². The molecule has 0 bridgehead atoms. The molecule has 9 heteroatoms. The summed E-state index contributed by atoms with van der Waals surface area (Å²) >= 11 is 6.16. The van der Waals surface area contributed by atoms with Gasteiger partial charge in [-0.25, -0.2) is 15.0 Å². The van der Waals surface area contributed by atoms with Crippen LogP contribution in [0.4, 0.5) is 5.95 Å². The minimum Gasteiger partial charge on any atom is -0.368 e. The number of pyridine rings is 1. The fraction of sp³-hybridized carbons (Fsp3) is 0.0417. The molecule has 6 rings (SSSR count). The quantitative estimate of drug-likeness (QED) is 0.377. The van der Waals surface area contributed by atoms with Gasteiger partial charge in [0, 0.05) is 11.8 Å². The van der Waals surface area contributed by atoms with Gasteiger partial charge in [-0.1, -0.05) is 54.1 Å². The number of H-pyrrole nitrogens is 1. The molecular weight excluding hydrogens is 438 g/mol. The maximum atomic E-state index is 13.1. The standard InChI is InChI=1S/C24H16ClN7O/c25-16-10-28-24(26)32-21(16)23(33)31-20-13-5-2-1-4-12(13)19-14(20)6-3-7-15(19)22-29-17-8-9-27-11-18(17)30-22/h1-11,20H,(H,29,30)(H,31,33)(H2,26,28,32). The number of hydrogen-bond acceptors (Lipinski definition) is 6. The van der Waals surface area contributed by atoms with E-state index in [1.165, 1.54) is 6.20 Å². The third kappa shape index (κ3) is 3.11. The molecule has 3 aromatic heterocycles. The van der Waals surface area contributed by atoms with Gasteiger partial charge in [0.2, 0.25) is 5.95 Å². The highest BCUT2D eigenvalue weighted by atomic mass is 35.5. The van der Waals surface area contributed by atoms with Crippen molar-refractivity contribution in [2.75, 3.05) is 5.73 Å². The number of nitrogens with one attached hydrogen (secondary N) is 2. The van der Waals surface area contributed by atoms with Gasteiger partial charge >= 0.3 is 0 Å². The molecule has 1 atom stereocenters. The Morgan fingerprint density at radius 3 is 2.70 bits per heavy atom. The van der Waals surface area contributed by atoms with E-state index in [0.717, 1.165) is 44.7 Å². The van der Waals surface area contributed by atoms with Gasteiger partial charge in [0.05, 0.1) is 34.5 Å². The lowest BCUT2D eigenvalue weighted by Gasteiger charge is -2.16. The summed E-state index contributed by atoms with van der Waals surface area (Å²) in [6.07, 6.45) is 4.79. The normalized spacial score (nSPS) is 14.2. The van der Waals surface area contributed by atoms with Crippen LogP contribution < -0.4 is 11.1 Å². The van der Waals surface area contributed by atoms with Gasteiger partial charge in [-0.15, -0.1) is 0 Å². The van der Waals surface area contributed by atoms with E-state index in [1.807, 2.05) is 48.5 Å². The van der Waals surface area contributed by atoms with Crippen LogP contribution >= 0.6 is 11.6 Å². The van der Waals surface area contributed by atoms with Crippen LogP contribution in [0.15, 0.2) is 67.1 Å². The van der Waals surface area contributed by atoms with Gasteiger partial charge in [0.15, 0.2) is 5.69 Å². The molecule has 1 aliphatic rings. The molecule has 2 aromatic carbocycles. The minimum atomic E-state index is -0.429. The largest absolute Gasteiger partial charge is 0.368 e. The molecule has 0 spiro atoms. The number of halogens is 1. The molecule has 5 aromatic rings. The summed E-state index contributed by atoms with van der Waals surface area (Å²) in [6.45, 7) is 0. The van der Waals surface area contributed by atoms with E-state index in [0.29, 0.717) is 0 Å². The molecular formula is C24H16ClN7O. The molecule has 8 nitrogen and oxygen atoms in total. The first-order chi connectivity index (χ1) is 16.1. The average molecular weight is 454 g/mol.